The Morgan fingerprint density at radius 3 is 2.94 bits per heavy atom. The molecule has 0 bridgehead atoms. The van der Waals surface area contributed by atoms with Crippen LogP contribution in [0.15, 0.2) is 29.0 Å². The number of nitrogens with zero attached hydrogens (tertiary/aromatic N) is 2. The van der Waals surface area contributed by atoms with E-state index in [4.69, 9.17) is 20.3 Å². The van der Waals surface area contributed by atoms with E-state index in [1.54, 1.807) is 18.2 Å². The summed E-state index contributed by atoms with van der Waals surface area (Å²) in [6, 6.07) is 5.30. The Kier molecular flexibility index (Phi) is 3.57. The van der Waals surface area contributed by atoms with Crippen LogP contribution in [0.4, 0.5) is 0 Å². The second kappa shape index (κ2) is 5.31. The molecule has 1 aromatic carbocycles. The number of ether oxygens (including phenoxy) is 1. The average Bonchev–Trinajstić information content (AvgIpc) is 2.89. The Morgan fingerprint density at radius 1 is 1.50 bits per heavy atom. The van der Waals surface area contributed by atoms with Crippen molar-refractivity contribution in [3.05, 3.63) is 30.2 Å². The van der Waals surface area contributed by atoms with Gasteiger partial charge in [-0.1, -0.05) is 13.0 Å². The van der Waals surface area contributed by atoms with Crippen molar-refractivity contribution in [1.82, 2.24) is 10.2 Å². The molecule has 0 atom stereocenters. The van der Waals surface area contributed by atoms with Crippen LogP contribution >= 0.6 is 0 Å². The molecule has 0 saturated heterocycles. The van der Waals surface area contributed by atoms with Gasteiger partial charge >= 0.3 is 0 Å². The van der Waals surface area contributed by atoms with Gasteiger partial charge in [0.25, 0.3) is 5.89 Å². The fourth-order valence-corrected chi connectivity index (χ4v) is 1.57. The van der Waals surface area contributed by atoms with E-state index in [0.29, 0.717) is 29.4 Å². The molecule has 0 radical (unpaired) electrons. The van der Waals surface area contributed by atoms with Gasteiger partial charge in [0.05, 0.1) is 17.7 Å². The Balaban J connectivity index is 2.51. The second-order valence-electron chi connectivity index (χ2n) is 3.69. The minimum absolute atomic E-state index is 0.0533. The number of nitrogens with two attached hydrogens (primary N) is 1. The van der Waals surface area contributed by atoms with Crippen LogP contribution in [0.3, 0.4) is 0 Å². The largest absolute Gasteiger partial charge is 0.492 e. The van der Waals surface area contributed by atoms with Crippen molar-refractivity contribution in [2.75, 3.05) is 6.61 Å². The van der Waals surface area contributed by atoms with E-state index < -0.39 is 0 Å². The average molecular weight is 246 g/mol. The summed E-state index contributed by atoms with van der Waals surface area (Å²) < 4.78 is 10.8. The molecule has 18 heavy (non-hydrogen) atoms. The zero-order chi connectivity index (χ0) is 13.0. The number of hydrogen-bond acceptors (Lipinski definition) is 5. The smallest absolute Gasteiger partial charge is 0.251 e. The Hall–Kier alpha value is -2.37. The third-order valence-electron chi connectivity index (χ3n) is 2.35. The molecule has 0 amide bonds. The van der Waals surface area contributed by atoms with Crippen molar-refractivity contribution in [3.63, 3.8) is 0 Å². The highest BCUT2D eigenvalue weighted by Gasteiger charge is 2.16. The van der Waals surface area contributed by atoms with Crippen LogP contribution in [-0.4, -0.2) is 22.6 Å². The van der Waals surface area contributed by atoms with Gasteiger partial charge in [-0.2, -0.15) is 0 Å². The third-order valence-corrected chi connectivity index (χ3v) is 2.35. The van der Waals surface area contributed by atoms with Crippen LogP contribution in [-0.2, 0) is 0 Å². The van der Waals surface area contributed by atoms with Gasteiger partial charge in [0.2, 0.25) is 6.39 Å². The molecule has 6 nitrogen and oxygen atoms in total. The van der Waals surface area contributed by atoms with Crippen molar-refractivity contribution < 1.29 is 9.15 Å². The molecule has 0 aliphatic rings. The van der Waals surface area contributed by atoms with Crippen molar-refractivity contribution in [2.24, 2.45) is 5.73 Å². The van der Waals surface area contributed by atoms with Gasteiger partial charge in [-0.25, -0.2) is 0 Å². The topological polar surface area (TPSA) is 98.0 Å². The summed E-state index contributed by atoms with van der Waals surface area (Å²) in [5, 5.41) is 15.1. The molecule has 94 valence electrons. The standard InChI is InChI=1S/C12H14N4O2/c1-2-6-17-10-8(11(13)14)4-3-5-9(10)12-16-15-7-18-12/h3-5,7H,2,6H2,1H3,(H3,13,14). The van der Waals surface area contributed by atoms with Gasteiger partial charge < -0.3 is 14.9 Å². The van der Waals surface area contributed by atoms with Crippen LogP contribution < -0.4 is 10.5 Å². The van der Waals surface area contributed by atoms with Crippen LogP contribution in [0.2, 0.25) is 0 Å². The van der Waals surface area contributed by atoms with E-state index >= 15 is 0 Å². The fourth-order valence-electron chi connectivity index (χ4n) is 1.57. The molecule has 3 N–H and O–H groups in total. The first kappa shape index (κ1) is 12.1. The maximum Gasteiger partial charge on any atom is 0.251 e. The fraction of sp³-hybridized carbons (Fsp3) is 0.250. The minimum atomic E-state index is -0.0533. The number of benzene rings is 1. The molecular weight excluding hydrogens is 232 g/mol. The highest BCUT2D eigenvalue weighted by molar-refractivity contribution is 5.99. The van der Waals surface area contributed by atoms with Gasteiger partial charge in [0.1, 0.15) is 11.6 Å². The van der Waals surface area contributed by atoms with Gasteiger partial charge in [-0.15, -0.1) is 10.2 Å². The number of rotatable bonds is 5. The third kappa shape index (κ3) is 2.32. The number of para-hydroxylation sites is 1. The van der Waals surface area contributed by atoms with E-state index in [-0.39, 0.29) is 5.84 Å². The molecule has 0 fully saturated rings. The number of hydrogen-bond donors (Lipinski definition) is 2. The normalized spacial score (nSPS) is 10.3. The van der Waals surface area contributed by atoms with E-state index in [1.165, 1.54) is 6.39 Å². The van der Waals surface area contributed by atoms with Gasteiger partial charge in [0, 0.05) is 0 Å². The first-order valence-electron chi connectivity index (χ1n) is 5.60. The lowest BCUT2D eigenvalue weighted by atomic mass is 10.1. The van der Waals surface area contributed by atoms with E-state index in [1.807, 2.05) is 6.92 Å². The summed E-state index contributed by atoms with van der Waals surface area (Å²) in [6.07, 6.45) is 2.11. The lowest BCUT2D eigenvalue weighted by molar-refractivity contribution is 0.317. The lowest BCUT2D eigenvalue weighted by Gasteiger charge is -2.12. The second-order valence-corrected chi connectivity index (χ2v) is 3.69. The Bertz CT molecular complexity index is 537. The maximum atomic E-state index is 7.56. The van der Waals surface area contributed by atoms with Gasteiger partial charge in [-0.3, -0.25) is 5.41 Å². The molecule has 0 aliphatic carbocycles. The highest BCUT2D eigenvalue weighted by atomic mass is 16.5. The predicted molar refractivity (Wildman–Crippen MR) is 66.5 cm³/mol. The summed E-state index contributed by atoms with van der Waals surface area (Å²) in [5.74, 6) is 0.808. The van der Waals surface area contributed by atoms with E-state index in [9.17, 15) is 0 Å². The van der Waals surface area contributed by atoms with E-state index in [0.717, 1.165) is 6.42 Å². The number of nitrogen functional groups attached to an aromatic ring is 1. The van der Waals surface area contributed by atoms with Crippen molar-refractivity contribution >= 4 is 5.84 Å². The van der Waals surface area contributed by atoms with Crippen LogP contribution in [0.1, 0.15) is 18.9 Å². The van der Waals surface area contributed by atoms with Gasteiger partial charge in [0.15, 0.2) is 0 Å². The Morgan fingerprint density at radius 2 is 2.33 bits per heavy atom. The van der Waals surface area contributed by atoms with Gasteiger partial charge in [-0.05, 0) is 18.6 Å². The molecule has 0 saturated carbocycles. The van der Waals surface area contributed by atoms with Crippen molar-refractivity contribution in [2.45, 2.75) is 13.3 Å². The monoisotopic (exact) mass is 246 g/mol. The summed E-state index contributed by atoms with van der Waals surface area (Å²) >= 11 is 0. The summed E-state index contributed by atoms with van der Waals surface area (Å²) in [5.41, 5.74) is 6.72. The number of aromatic nitrogens is 2. The lowest BCUT2D eigenvalue weighted by Crippen LogP contribution is -2.14. The zero-order valence-electron chi connectivity index (χ0n) is 10.0. The molecular formula is C12H14N4O2. The quantitative estimate of drug-likeness (QED) is 0.619. The van der Waals surface area contributed by atoms with Crippen molar-refractivity contribution in [1.29, 1.82) is 5.41 Å². The SMILES string of the molecule is CCCOc1c(C(=N)N)cccc1-c1nnco1. The van der Waals surface area contributed by atoms with Crippen LogP contribution in [0, 0.1) is 5.41 Å². The maximum absolute atomic E-state index is 7.56. The molecule has 2 rings (SSSR count). The molecule has 0 spiro atoms. The molecule has 1 heterocycles. The predicted octanol–water partition coefficient (Wildman–Crippen LogP) is 1.81. The first-order valence-corrected chi connectivity index (χ1v) is 5.60. The highest BCUT2D eigenvalue weighted by Crippen LogP contribution is 2.31. The zero-order valence-corrected chi connectivity index (χ0v) is 10.0. The summed E-state index contributed by atoms with van der Waals surface area (Å²) in [6.45, 7) is 2.54. The first-order chi connectivity index (χ1) is 8.74. The minimum Gasteiger partial charge on any atom is -0.492 e. The summed E-state index contributed by atoms with van der Waals surface area (Å²) in [4.78, 5) is 0. The number of nitrogens with one attached hydrogen (secondary N) is 1. The molecule has 0 aliphatic heterocycles. The van der Waals surface area contributed by atoms with Crippen molar-refractivity contribution in [3.8, 4) is 17.2 Å². The molecule has 2 aromatic rings. The van der Waals surface area contributed by atoms with E-state index in [2.05, 4.69) is 10.2 Å². The van der Waals surface area contributed by atoms with Crippen LogP contribution in [0.25, 0.3) is 11.5 Å². The molecule has 0 unspecified atom stereocenters. The molecule has 6 heteroatoms. The van der Waals surface area contributed by atoms with Crippen LogP contribution in [0.5, 0.6) is 5.75 Å². The summed E-state index contributed by atoms with van der Waals surface area (Å²) in [7, 11) is 0. The number of amidine groups is 1. The Labute approximate surface area is 104 Å². The molecule has 1 aromatic heterocycles.